The average molecular weight is 374 g/mol. The van der Waals surface area contributed by atoms with Crippen LogP contribution in [0.2, 0.25) is 0 Å². The van der Waals surface area contributed by atoms with Gasteiger partial charge in [-0.15, -0.1) is 0 Å². The molecule has 7 heteroatoms. The van der Waals surface area contributed by atoms with Crippen molar-refractivity contribution in [2.45, 2.75) is 25.2 Å². The van der Waals surface area contributed by atoms with Gasteiger partial charge in [-0.3, -0.25) is 9.59 Å². The molecule has 1 saturated heterocycles. The molecular weight excluding hydrogens is 357 g/mol. The Morgan fingerprint density at radius 1 is 1.04 bits per heavy atom. The normalized spacial score (nSPS) is 21.4. The predicted octanol–water partition coefficient (Wildman–Crippen LogP) is 3.97. The maximum Gasteiger partial charge on any atom is 0.228 e. The molecule has 2 fully saturated rings. The lowest BCUT2D eigenvalue weighted by Gasteiger charge is -2.17. The Hall–Kier alpha value is -2.83. The fraction of sp³-hybridized carbons (Fsp3) is 0.300. The van der Waals surface area contributed by atoms with Gasteiger partial charge in [0.05, 0.1) is 5.69 Å². The van der Waals surface area contributed by atoms with Crippen LogP contribution >= 0.6 is 0 Å². The standard InChI is InChI=1S/C20H17F3N2O2/c21-15-5-3-11(8-16(15)22)13-10-14(13)20(27)24-12-4-6-18(17(23)9-12)25-7-1-2-19(25)26/h3-6,8-9,13-14H,1-2,7,10H2,(H,24,27). The first-order chi connectivity index (χ1) is 12.9. The number of amides is 2. The van der Waals surface area contributed by atoms with Gasteiger partial charge in [-0.25, -0.2) is 13.2 Å². The zero-order valence-corrected chi connectivity index (χ0v) is 14.3. The number of carbonyl (C=O) groups excluding carboxylic acids is 2. The molecule has 1 N–H and O–H groups in total. The quantitative estimate of drug-likeness (QED) is 0.880. The molecule has 27 heavy (non-hydrogen) atoms. The Kier molecular flexibility index (Phi) is 4.37. The van der Waals surface area contributed by atoms with Crippen molar-refractivity contribution in [1.29, 1.82) is 0 Å². The molecule has 2 aromatic carbocycles. The third-order valence-electron chi connectivity index (χ3n) is 5.08. The number of hydrogen-bond donors (Lipinski definition) is 1. The lowest BCUT2D eigenvalue weighted by molar-refractivity contribution is -0.118. The highest BCUT2D eigenvalue weighted by Crippen LogP contribution is 2.48. The van der Waals surface area contributed by atoms with Gasteiger partial charge in [0.15, 0.2) is 11.6 Å². The number of carbonyl (C=O) groups is 2. The lowest BCUT2D eigenvalue weighted by atomic mass is 10.1. The largest absolute Gasteiger partial charge is 0.326 e. The summed E-state index contributed by atoms with van der Waals surface area (Å²) in [4.78, 5) is 25.5. The molecule has 0 spiro atoms. The van der Waals surface area contributed by atoms with E-state index in [9.17, 15) is 22.8 Å². The third-order valence-corrected chi connectivity index (χ3v) is 5.08. The Bertz CT molecular complexity index is 931. The molecule has 0 radical (unpaired) electrons. The Balaban J connectivity index is 1.42. The summed E-state index contributed by atoms with van der Waals surface area (Å²) in [6.45, 7) is 0.486. The molecule has 4 nitrogen and oxygen atoms in total. The van der Waals surface area contributed by atoms with Gasteiger partial charge in [-0.2, -0.15) is 0 Å². The minimum absolute atomic E-state index is 0.113. The number of halogens is 3. The van der Waals surface area contributed by atoms with E-state index in [2.05, 4.69) is 5.32 Å². The van der Waals surface area contributed by atoms with Crippen molar-refractivity contribution in [3.05, 3.63) is 59.4 Å². The second-order valence-corrected chi connectivity index (χ2v) is 6.93. The van der Waals surface area contributed by atoms with Crippen molar-refractivity contribution < 1.29 is 22.8 Å². The highest BCUT2D eigenvalue weighted by atomic mass is 19.2. The molecule has 2 aliphatic rings. The molecule has 4 rings (SSSR count). The number of hydrogen-bond acceptors (Lipinski definition) is 2. The van der Waals surface area contributed by atoms with E-state index < -0.39 is 17.5 Å². The van der Waals surface area contributed by atoms with Crippen LogP contribution in [0.4, 0.5) is 24.5 Å². The van der Waals surface area contributed by atoms with Crippen LogP contribution in [-0.2, 0) is 9.59 Å². The molecule has 2 unspecified atom stereocenters. The molecule has 1 heterocycles. The molecule has 0 bridgehead atoms. The third kappa shape index (κ3) is 3.41. The Labute approximate surface area is 154 Å². The van der Waals surface area contributed by atoms with Gasteiger partial charge in [0.1, 0.15) is 5.82 Å². The summed E-state index contributed by atoms with van der Waals surface area (Å²) in [5.41, 5.74) is 1.08. The minimum Gasteiger partial charge on any atom is -0.326 e. The van der Waals surface area contributed by atoms with E-state index in [-0.39, 0.29) is 29.3 Å². The predicted molar refractivity (Wildman–Crippen MR) is 93.8 cm³/mol. The monoisotopic (exact) mass is 374 g/mol. The highest BCUT2D eigenvalue weighted by molar-refractivity contribution is 5.97. The van der Waals surface area contributed by atoms with Crippen molar-refractivity contribution in [3.8, 4) is 0 Å². The van der Waals surface area contributed by atoms with E-state index in [1.165, 1.54) is 23.1 Å². The first kappa shape index (κ1) is 17.6. The summed E-state index contributed by atoms with van der Waals surface area (Å²) in [5.74, 6) is -3.38. The van der Waals surface area contributed by atoms with E-state index in [1.54, 1.807) is 6.07 Å². The first-order valence-corrected chi connectivity index (χ1v) is 8.80. The van der Waals surface area contributed by atoms with E-state index in [0.29, 0.717) is 37.1 Å². The van der Waals surface area contributed by atoms with Gasteiger partial charge in [0.2, 0.25) is 11.8 Å². The van der Waals surface area contributed by atoms with Gasteiger partial charge in [-0.05, 0) is 54.7 Å². The number of benzene rings is 2. The second-order valence-electron chi connectivity index (χ2n) is 6.93. The number of anilines is 2. The van der Waals surface area contributed by atoms with Crippen LogP contribution in [0.5, 0.6) is 0 Å². The second kappa shape index (κ2) is 6.72. The summed E-state index contributed by atoms with van der Waals surface area (Å²) >= 11 is 0. The van der Waals surface area contributed by atoms with Crippen LogP contribution in [0.1, 0.15) is 30.7 Å². The summed E-state index contributed by atoms with van der Waals surface area (Å²) in [6.07, 6.45) is 1.63. The lowest BCUT2D eigenvalue weighted by Crippen LogP contribution is -2.24. The topological polar surface area (TPSA) is 49.4 Å². The van der Waals surface area contributed by atoms with Gasteiger partial charge in [-0.1, -0.05) is 6.07 Å². The zero-order valence-electron chi connectivity index (χ0n) is 14.3. The molecule has 2 amide bonds. The van der Waals surface area contributed by atoms with Gasteiger partial charge < -0.3 is 10.2 Å². The summed E-state index contributed by atoms with van der Waals surface area (Å²) in [6, 6.07) is 7.84. The van der Waals surface area contributed by atoms with Crippen molar-refractivity contribution >= 4 is 23.2 Å². The molecule has 1 aliphatic heterocycles. The molecule has 2 atom stereocenters. The van der Waals surface area contributed by atoms with Crippen molar-refractivity contribution in [2.24, 2.45) is 5.92 Å². The van der Waals surface area contributed by atoms with E-state index in [1.807, 2.05) is 0 Å². The SMILES string of the molecule is O=C(Nc1ccc(N2CCCC2=O)c(F)c1)C1CC1c1ccc(F)c(F)c1. The van der Waals surface area contributed by atoms with E-state index in [0.717, 1.165) is 12.1 Å². The van der Waals surface area contributed by atoms with Crippen molar-refractivity contribution in [3.63, 3.8) is 0 Å². The average Bonchev–Trinajstić information content (AvgIpc) is 3.33. The first-order valence-electron chi connectivity index (χ1n) is 8.80. The smallest absolute Gasteiger partial charge is 0.228 e. The number of nitrogens with zero attached hydrogens (tertiary/aromatic N) is 1. The summed E-state index contributed by atoms with van der Waals surface area (Å²) in [7, 11) is 0. The Morgan fingerprint density at radius 3 is 2.52 bits per heavy atom. The fourth-order valence-electron chi connectivity index (χ4n) is 3.54. The van der Waals surface area contributed by atoms with Crippen LogP contribution in [0.25, 0.3) is 0 Å². The van der Waals surface area contributed by atoms with Crippen LogP contribution in [-0.4, -0.2) is 18.4 Å². The number of nitrogens with one attached hydrogen (secondary N) is 1. The fourth-order valence-corrected chi connectivity index (χ4v) is 3.54. The molecule has 1 aliphatic carbocycles. The molecule has 2 aromatic rings. The maximum absolute atomic E-state index is 14.3. The number of rotatable bonds is 4. The molecule has 1 saturated carbocycles. The molecule has 0 aromatic heterocycles. The zero-order chi connectivity index (χ0) is 19.1. The van der Waals surface area contributed by atoms with Gasteiger partial charge in [0.25, 0.3) is 0 Å². The van der Waals surface area contributed by atoms with Crippen LogP contribution in [0.15, 0.2) is 36.4 Å². The molecular formula is C20H17F3N2O2. The maximum atomic E-state index is 14.3. The van der Waals surface area contributed by atoms with Crippen molar-refractivity contribution in [2.75, 3.05) is 16.8 Å². The van der Waals surface area contributed by atoms with Crippen LogP contribution in [0.3, 0.4) is 0 Å². The van der Waals surface area contributed by atoms with E-state index >= 15 is 0 Å². The van der Waals surface area contributed by atoms with Gasteiger partial charge in [0, 0.05) is 24.6 Å². The van der Waals surface area contributed by atoms with Crippen LogP contribution < -0.4 is 10.2 Å². The Morgan fingerprint density at radius 2 is 1.85 bits per heavy atom. The van der Waals surface area contributed by atoms with Crippen molar-refractivity contribution in [1.82, 2.24) is 0 Å². The van der Waals surface area contributed by atoms with E-state index in [4.69, 9.17) is 0 Å². The molecule has 140 valence electrons. The van der Waals surface area contributed by atoms with Gasteiger partial charge >= 0.3 is 0 Å². The van der Waals surface area contributed by atoms with Crippen LogP contribution in [0, 0.1) is 23.4 Å². The summed E-state index contributed by atoms with van der Waals surface area (Å²) < 4.78 is 40.7. The highest BCUT2D eigenvalue weighted by Gasteiger charge is 2.44. The minimum atomic E-state index is -0.937. The summed E-state index contributed by atoms with van der Waals surface area (Å²) in [5, 5.41) is 2.65.